The number of rotatable bonds is 6. The zero-order chi connectivity index (χ0) is 12.9. The minimum atomic E-state index is -0.123. The molecule has 0 aromatic carbocycles. The van der Waals surface area contributed by atoms with Crippen molar-refractivity contribution in [3.05, 3.63) is 0 Å². The van der Waals surface area contributed by atoms with E-state index in [-0.39, 0.29) is 17.5 Å². The summed E-state index contributed by atoms with van der Waals surface area (Å²) in [5, 5.41) is 0. The summed E-state index contributed by atoms with van der Waals surface area (Å²) >= 11 is 0. The average molecular weight is 229 g/mol. The summed E-state index contributed by atoms with van der Waals surface area (Å²) in [6, 6.07) is 0.243. The van der Waals surface area contributed by atoms with Crippen LogP contribution in [0.2, 0.25) is 0 Å². The van der Waals surface area contributed by atoms with Crippen molar-refractivity contribution < 1.29 is 4.79 Å². The predicted octanol–water partition coefficient (Wildman–Crippen LogP) is 0.912. The van der Waals surface area contributed by atoms with E-state index in [0.717, 1.165) is 6.54 Å². The van der Waals surface area contributed by atoms with Crippen molar-refractivity contribution in [2.24, 2.45) is 5.73 Å². The maximum atomic E-state index is 12.0. The van der Waals surface area contributed by atoms with Gasteiger partial charge in [0.1, 0.15) is 0 Å². The molecule has 0 fully saturated rings. The first-order chi connectivity index (χ1) is 7.26. The van der Waals surface area contributed by atoms with E-state index in [9.17, 15) is 4.79 Å². The van der Waals surface area contributed by atoms with E-state index < -0.39 is 0 Å². The van der Waals surface area contributed by atoms with Crippen LogP contribution in [0.4, 0.5) is 0 Å². The van der Waals surface area contributed by atoms with Gasteiger partial charge < -0.3 is 10.6 Å². The molecule has 96 valence electrons. The van der Waals surface area contributed by atoms with Crippen molar-refractivity contribution >= 4 is 5.91 Å². The lowest BCUT2D eigenvalue weighted by Gasteiger charge is -2.37. The molecule has 0 rings (SSSR count). The van der Waals surface area contributed by atoms with Gasteiger partial charge in [0, 0.05) is 25.2 Å². The Morgan fingerprint density at radius 2 is 1.88 bits per heavy atom. The molecule has 0 radical (unpaired) electrons. The number of nitrogens with zero attached hydrogens (tertiary/aromatic N) is 2. The van der Waals surface area contributed by atoms with Gasteiger partial charge in [0.15, 0.2) is 0 Å². The number of carbonyl (C=O) groups excluding carboxylic acids is 1. The Balaban J connectivity index is 4.50. The van der Waals surface area contributed by atoms with Gasteiger partial charge in [0.25, 0.3) is 0 Å². The molecule has 4 heteroatoms. The second-order valence-corrected chi connectivity index (χ2v) is 5.13. The molecule has 2 N–H and O–H groups in total. The molecule has 0 bridgehead atoms. The third-order valence-electron chi connectivity index (χ3n) is 3.23. The number of nitrogens with two attached hydrogens (primary N) is 1. The molecule has 0 saturated heterocycles. The van der Waals surface area contributed by atoms with E-state index in [0.29, 0.717) is 13.1 Å². The normalized spacial score (nSPS) is 12.3. The van der Waals surface area contributed by atoms with Crippen molar-refractivity contribution in [2.75, 3.05) is 26.7 Å². The van der Waals surface area contributed by atoms with Crippen LogP contribution in [-0.2, 0) is 4.79 Å². The summed E-state index contributed by atoms with van der Waals surface area (Å²) in [5.41, 5.74) is 5.61. The maximum Gasteiger partial charge on any atom is 0.236 e. The number of amides is 1. The minimum absolute atomic E-state index is 0.123. The molecule has 16 heavy (non-hydrogen) atoms. The van der Waals surface area contributed by atoms with Crippen LogP contribution in [0.15, 0.2) is 0 Å². The van der Waals surface area contributed by atoms with Crippen molar-refractivity contribution in [1.29, 1.82) is 0 Å². The standard InChI is InChI=1S/C12H27N3O/c1-7-15(12(4,5)9-13)8-11(16)14(6)10(2)3/h10H,7-9,13H2,1-6H3. The Morgan fingerprint density at radius 1 is 1.38 bits per heavy atom. The molecule has 0 aliphatic heterocycles. The van der Waals surface area contributed by atoms with Gasteiger partial charge in [0.05, 0.1) is 6.54 Å². The molecule has 4 nitrogen and oxygen atoms in total. The fourth-order valence-corrected chi connectivity index (χ4v) is 1.45. The van der Waals surface area contributed by atoms with Crippen LogP contribution < -0.4 is 5.73 Å². The third kappa shape index (κ3) is 4.10. The summed E-state index contributed by atoms with van der Waals surface area (Å²) in [6.07, 6.45) is 0. The quantitative estimate of drug-likeness (QED) is 0.736. The van der Waals surface area contributed by atoms with E-state index in [4.69, 9.17) is 5.73 Å². The lowest BCUT2D eigenvalue weighted by atomic mass is 10.0. The van der Waals surface area contributed by atoms with Gasteiger partial charge in [-0.3, -0.25) is 9.69 Å². The average Bonchev–Trinajstić information content (AvgIpc) is 2.23. The maximum absolute atomic E-state index is 12.0. The molecule has 0 saturated carbocycles. The molecule has 0 aliphatic carbocycles. The molecule has 0 atom stereocenters. The summed E-state index contributed by atoms with van der Waals surface area (Å²) in [7, 11) is 1.84. The van der Waals surface area contributed by atoms with Crippen LogP contribution >= 0.6 is 0 Å². The fourth-order valence-electron chi connectivity index (χ4n) is 1.45. The van der Waals surface area contributed by atoms with Crippen LogP contribution in [0.1, 0.15) is 34.6 Å². The minimum Gasteiger partial charge on any atom is -0.342 e. The van der Waals surface area contributed by atoms with Crippen LogP contribution in [0.5, 0.6) is 0 Å². The SMILES string of the molecule is CCN(CC(=O)N(C)C(C)C)C(C)(C)CN. The fraction of sp³-hybridized carbons (Fsp3) is 0.917. The van der Waals surface area contributed by atoms with Gasteiger partial charge in [-0.25, -0.2) is 0 Å². The molecular formula is C12H27N3O. The van der Waals surface area contributed by atoms with E-state index in [1.165, 1.54) is 0 Å². The first kappa shape index (κ1) is 15.4. The zero-order valence-electron chi connectivity index (χ0n) is 11.6. The topological polar surface area (TPSA) is 49.6 Å². The highest BCUT2D eigenvalue weighted by atomic mass is 16.2. The second kappa shape index (κ2) is 6.21. The first-order valence-electron chi connectivity index (χ1n) is 5.97. The van der Waals surface area contributed by atoms with Gasteiger partial charge in [0.2, 0.25) is 5.91 Å². The van der Waals surface area contributed by atoms with Gasteiger partial charge >= 0.3 is 0 Å². The molecule has 0 heterocycles. The molecule has 0 unspecified atom stereocenters. The van der Waals surface area contributed by atoms with Gasteiger partial charge in [-0.1, -0.05) is 6.92 Å². The molecular weight excluding hydrogens is 202 g/mol. The Labute approximate surface area is 99.8 Å². The van der Waals surface area contributed by atoms with Gasteiger partial charge in [-0.15, -0.1) is 0 Å². The summed E-state index contributed by atoms with van der Waals surface area (Å²) in [6.45, 7) is 12.1. The van der Waals surface area contributed by atoms with Gasteiger partial charge in [-0.2, -0.15) is 0 Å². The predicted molar refractivity (Wildman–Crippen MR) is 68.3 cm³/mol. The monoisotopic (exact) mass is 229 g/mol. The Bertz CT molecular complexity index is 226. The Morgan fingerprint density at radius 3 is 2.19 bits per heavy atom. The molecule has 0 spiro atoms. The van der Waals surface area contributed by atoms with Crippen LogP contribution in [0, 0.1) is 0 Å². The van der Waals surface area contributed by atoms with Crippen molar-refractivity contribution in [1.82, 2.24) is 9.80 Å². The molecule has 0 aliphatic rings. The zero-order valence-corrected chi connectivity index (χ0v) is 11.6. The Hall–Kier alpha value is -0.610. The van der Waals surface area contributed by atoms with Crippen molar-refractivity contribution in [2.45, 2.75) is 46.2 Å². The summed E-state index contributed by atoms with van der Waals surface area (Å²) in [5.74, 6) is 0.151. The van der Waals surface area contributed by atoms with E-state index in [1.807, 2.05) is 20.9 Å². The largest absolute Gasteiger partial charge is 0.342 e. The molecule has 0 aromatic rings. The molecule has 0 aromatic heterocycles. The first-order valence-corrected chi connectivity index (χ1v) is 5.97. The van der Waals surface area contributed by atoms with E-state index in [2.05, 4.69) is 25.7 Å². The van der Waals surface area contributed by atoms with Crippen molar-refractivity contribution in [3.8, 4) is 0 Å². The van der Waals surface area contributed by atoms with E-state index in [1.54, 1.807) is 4.90 Å². The second-order valence-electron chi connectivity index (χ2n) is 5.13. The number of likely N-dealkylation sites (N-methyl/N-ethyl adjacent to an activating group) is 2. The smallest absolute Gasteiger partial charge is 0.236 e. The number of hydrogen-bond donors (Lipinski definition) is 1. The summed E-state index contributed by atoms with van der Waals surface area (Å²) < 4.78 is 0. The lowest BCUT2D eigenvalue weighted by Crippen LogP contribution is -2.53. The van der Waals surface area contributed by atoms with E-state index >= 15 is 0 Å². The third-order valence-corrected chi connectivity index (χ3v) is 3.23. The Kier molecular flexibility index (Phi) is 5.97. The van der Waals surface area contributed by atoms with Gasteiger partial charge in [-0.05, 0) is 34.2 Å². The van der Waals surface area contributed by atoms with Crippen LogP contribution in [0.3, 0.4) is 0 Å². The van der Waals surface area contributed by atoms with Crippen LogP contribution in [0.25, 0.3) is 0 Å². The van der Waals surface area contributed by atoms with Crippen LogP contribution in [-0.4, -0.2) is 54.0 Å². The highest BCUT2D eigenvalue weighted by Gasteiger charge is 2.26. The summed E-state index contributed by atoms with van der Waals surface area (Å²) in [4.78, 5) is 15.9. The van der Waals surface area contributed by atoms with Crippen molar-refractivity contribution in [3.63, 3.8) is 0 Å². The molecule has 1 amide bonds. The number of hydrogen-bond acceptors (Lipinski definition) is 3. The number of carbonyl (C=O) groups is 1. The highest BCUT2D eigenvalue weighted by Crippen LogP contribution is 2.12. The lowest BCUT2D eigenvalue weighted by molar-refractivity contribution is -0.133. The highest BCUT2D eigenvalue weighted by molar-refractivity contribution is 5.78.